The fourth-order valence-corrected chi connectivity index (χ4v) is 2.35. The summed E-state index contributed by atoms with van der Waals surface area (Å²) in [5.74, 6) is 0.487. The number of likely N-dealkylation sites (N-methyl/N-ethyl adjacent to an activating group) is 1. The summed E-state index contributed by atoms with van der Waals surface area (Å²) in [5.41, 5.74) is 1.45. The molecular formula is C16H19N5O. The highest BCUT2D eigenvalue weighted by Gasteiger charge is 2.20. The highest BCUT2D eigenvalue weighted by molar-refractivity contribution is 5.93. The molecule has 3 rings (SSSR count). The van der Waals surface area contributed by atoms with Crippen LogP contribution in [-0.4, -0.2) is 58.9 Å². The molecular weight excluding hydrogens is 278 g/mol. The van der Waals surface area contributed by atoms with E-state index in [-0.39, 0.29) is 5.91 Å². The second-order valence-electron chi connectivity index (χ2n) is 5.38. The largest absolute Gasteiger partial charge is 0.336 e. The van der Waals surface area contributed by atoms with Crippen molar-refractivity contribution in [2.75, 3.05) is 38.5 Å². The predicted octanol–water partition coefficient (Wildman–Crippen LogP) is 1.61. The average Bonchev–Trinajstić information content (AvgIpc) is 2.57. The van der Waals surface area contributed by atoms with Gasteiger partial charge in [-0.15, -0.1) is 0 Å². The summed E-state index contributed by atoms with van der Waals surface area (Å²) in [6.45, 7) is 3.30. The Morgan fingerprint density at radius 3 is 2.32 bits per heavy atom. The molecule has 114 valence electrons. The first kappa shape index (κ1) is 14.5. The van der Waals surface area contributed by atoms with Crippen molar-refractivity contribution < 1.29 is 4.79 Å². The lowest BCUT2D eigenvalue weighted by molar-refractivity contribution is 0.0663. The van der Waals surface area contributed by atoms with Crippen LogP contribution in [0.15, 0.2) is 42.7 Å². The Morgan fingerprint density at radius 1 is 1.05 bits per heavy atom. The van der Waals surface area contributed by atoms with Crippen LogP contribution in [0.5, 0.6) is 0 Å². The van der Waals surface area contributed by atoms with E-state index in [1.807, 2.05) is 35.2 Å². The molecule has 1 N–H and O–H groups in total. The quantitative estimate of drug-likeness (QED) is 0.932. The highest BCUT2D eigenvalue weighted by atomic mass is 16.2. The molecule has 1 saturated heterocycles. The van der Waals surface area contributed by atoms with Gasteiger partial charge in [-0.1, -0.05) is 18.2 Å². The zero-order valence-corrected chi connectivity index (χ0v) is 12.6. The summed E-state index contributed by atoms with van der Waals surface area (Å²) in [4.78, 5) is 24.9. The van der Waals surface area contributed by atoms with E-state index in [4.69, 9.17) is 0 Å². The van der Waals surface area contributed by atoms with Gasteiger partial charge >= 0.3 is 0 Å². The molecule has 0 saturated carbocycles. The minimum Gasteiger partial charge on any atom is -0.336 e. The Balaban J connectivity index is 1.65. The first-order valence-electron chi connectivity index (χ1n) is 7.34. The highest BCUT2D eigenvalue weighted by Crippen LogP contribution is 2.12. The number of amides is 1. The molecule has 0 atom stereocenters. The number of anilines is 2. The fourth-order valence-electron chi connectivity index (χ4n) is 2.35. The van der Waals surface area contributed by atoms with Gasteiger partial charge in [0.25, 0.3) is 5.91 Å². The van der Waals surface area contributed by atoms with E-state index in [2.05, 4.69) is 27.2 Å². The number of nitrogens with one attached hydrogen (secondary N) is 1. The van der Waals surface area contributed by atoms with Crippen molar-refractivity contribution in [2.24, 2.45) is 0 Å². The van der Waals surface area contributed by atoms with E-state index in [1.165, 1.54) is 0 Å². The number of rotatable bonds is 3. The van der Waals surface area contributed by atoms with Gasteiger partial charge in [0.15, 0.2) is 0 Å². The molecule has 1 aliphatic rings. The molecule has 1 aromatic heterocycles. The fraction of sp³-hybridized carbons (Fsp3) is 0.312. The zero-order valence-electron chi connectivity index (χ0n) is 12.6. The van der Waals surface area contributed by atoms with Gasteiger partial charge in [-0.25, -0.2) is 9.97 Å². The van der Waals surface area contributed by atoms with Crippen LogP contribution in [-0.2, 0) is 0 Å². The summed E-state index contributed by atoms with van der Waals surface area (Å²) in [5, 5.41) is 3.10. The lowest BCUT2D eigenvalue weighted by Gasteiger charge is -2.32. The summed E-state index contributed by atoms with van der Waals surface area (Å²) in [6, 6.07) is 9.70. The number of para-hydroxylation sites is 1. The van der Waals surface area contributed by atoms with Gasteiger partial charge in [0, 0.05) is 44.3 Å². The monoisotopic (exact) mass is 297 g/mol. The molecule has 1 aromatic carbocycles. The second-order valence-corrected chi connectivity index (χ2v) is 5.38. The molecule has 0 unspecified atom stereocenters. The number of hydrogen-bond acceptors (Lipinski definition) is 5. The van der Waals surface area contributed by atoms with Crippen LogP contribution in [0, 0.1) is 0 Å². The maximum atomic E-state index is 12.4. The topological polar surface area (TPSA) is 61.4 Å². The van der Waals surface area contributed by atoms with Crippen molar-refractivity contribution in [3.8, 4) is 0 Å². The lowest BCUT2D eigenvalue weighted by Crippen LogP contribution is -2.47. The van der Waals surface area contributed by atoms with Crippen LogP contribution >= 0.6 is 0 Å². The predicted molar refractivity (Wildman–Crippen MR) is 85.2 cm³/mol. The third-order valence-electron chi connectivity index (χ3n) is 3.72. The van der Waals surface area contributed by atoms with E-state index < -0.39 is 0 Å². The number of benzene rings is 1. The summed E-state index contributed by atoms with van der Waals surface area (Å²) >= 11 is 0. The Morgan fingerprint density at radius 2 is 1.68 bits per heavy atom. The van der Waals surface area contributed by atoms with E-state index in [1.54, 1.807) is 12.4 Å². The number of carbonyl (C=O) groups is 1. The van der Waals surface area contributed by atoms with Crippen LogP contribution < -0.4 is 5.32 Å². The molecule has 0 bridgehead atoms. The maximum absolute atomic E-state index is 12.4. The standard InChI is InChI=1S/C16H19N5O/c1-20-7-9-21(10-8-20)15(22)13-11-17-16(18-12-13)19-14-5-3-2-4-6-14/h2-6,11-12H,7-10H2,1H3,(H,17,18,19). The normalized spacial score (nSPS) is 15.6. The maximum Gasteiger partial charge on any atom is 0.257 e. The summed E-state index contributed by atoms with van der Waals surface area (Å²) < 4.78 is 0. The van der Waals surface area contributed by atoms with Crippen LogP contribution in [0.3, 0.4) is 0 Å². The van der Waals surface area contributed by atoms with Crippen LogP contribution in [0.25, 0.3) is 0 Å². The van der Waals surface area contributed by atoms with Gasteiger partial charge in [0.05, 0.1) is 5.56 Å². The van der Waals surface area contributed by atoms with E-state index >= 15 is 0 Å². The second kappa shape index (κ2) is 6.53. The molecule has 6 nitrogen and oxygen atoms in total. The number of hydrogen-bond donors (Lipinski definition) is 1. The number of piperazine rings is 1. The molecule has 2 heterocycles. The number of aromatic nitrogens is 2. The first-order chi connectivity index (χ1) is 10.7. The van der Waals surface area contributed by atoms with Crippen molar-refractivity contribution in [1.29, 1.82) is 0 Å². The van der Waals surface area contributed by atoms with Gasteiger partial charge < -0.3 is 15.1 Å². The molecule has 6 heteroatoms. The van der Waals surface area contributed by atoms with Gasteiger partial charge in [-0.2, -0.15) is 0 Å². The molecule has 1 amide bonds. The van der Waals surface area contributed by atoms with Gasteiger partial charge in [-0.3, -0.25) is 4.79 Å². The van der Waals surface area contributed by atoms with Crippen molar-refractivity contribution in [3.63, 3.8) is 0 Å². The van der Waals surface area contributed by atoms with Crippen molar-refractivity contribution >= 4 is 17.5 Å². The minimum absolute atomic E-state index is 0.000592. The summed E-state index contributed by atoms with van der Waals surface area (Å²) in [6.07, 6.45) is 3.16. The summed E-state index contributed by atoms with van der Waals surface area (Å²) in [7, 11) is 2.06. The number of carbonyl (C=O) groups excluding carboxylic acids is 1. The number of nitrogens with zero attached hydrogens (tertiary/aromatic N) is 4. The molecule has 0 aliphatic carbocycles. The van der Waals surface area contributed by atoms with Gasteiger partial charge in [0.2, 0.25) is 5.95 Å². The van der Waals surface area contributed by atoms with E-state index in [0.29, 0.717) is 11.5 Å². The molecule has 1 aliphatic heterocycles. The Kier molecular flexibility index (Phi) is 4.29. The zero-order chi connectivity index (χ0) is 15.4. The molecule has 1 fully saturated rings. The molecule has 2 aromatic rings. The van der Waals surface area contributed by atoms with Gasteiger partial charge in [0.1, 0.15) is 0 Å². The van der Waals surface area contributed by atoms with E-state index in [9.17, 15) is 4.79 Å². The third kappa shape index (κ3) is 3.40. The lowest BCUT2D eigenvalue weighted by atomic mass is 10.2. The molecule has 22 heavy (non-hydrogen) atoms. The smallest absolute Gasteiger partial charge is 0.257 e. The van der Waals surface area contributed by atoms with Crippen molar-refractivity contribution in [2.45, 2.75) is 0 Å². The molecule has 0 spiro atoms. The Labute approximate surface area is 129 Å². The first-order valence-corrected chi connectivity index (χ1v) is 7.34. The average molecular weight is 297 g/mol. The van der Waals surface area contributed by atoms with Crippen LogP contribution in [0.2, 0.25) is 0 Å². The SMILES string of the molecule is CN1CCN(C(=O)c2cnc(Nc3ccccc3)nc2)CC1. The van der Waals surface area contributed by atoms with Crippen LogP contribution in [0.4, 0.5) is 11.6 Å². The Hall–Kier alpha value is -2.47. The van der Waals surface area contributed by atoms with Crippen molar-refractivity contribution in [3.05, 3.63) is 48.3 Å². The minimum atomic E-state index is -0.000592. The van der Waals surface area contributed by atoms with E-state index in [0.717, 1.165) is 31.9 Å². The van der Waals surface area contributed by atoms with Crippen molar-refractivity contribution in [1.82, 2.24) is 19.8 Å². The Bertz CT molecular complexity index is 621. The molecule has 0 radical (unpaired) electrons. The van der Waals surface area contributed by atoms with Crippen LogP contribution in [0.1, 0.15) is 10.4 Å². The third-order valence-corrected chi connectivity index (χ3v) is 3.72. The van der Waals surface area contributed by atoms with Gasteiger partial charge in [-0.05, 0) is 19.2 Å².